The number of likely N-dealkylation sites (tertiary alicyclic amines) is 1. The quantitative estimate of drug-likeness (QED) is 0.670. The van der Waals surface area contributed by atoms with Gasteiger partial charge in [0.15, 0.2) is 0 Å². The third-order valence-corrected chi connectivity index (χ3v) is 6.33. The van der Waals surface area contributed by atoms with E-state index in [9.17, 15) is 9.59 Å². The number of hydrogen-bond donors (Lipinski definition) is 1. The van der Waals surface area contributed by atoms with Crippen LogP contribution in [0.2, 0.25) is 0 Å². The number of amides is 2. The Labute approximate surface area is 182 Å². The molecule has 0 atom stereocenters. The highest BCUT2D eigenvalue weighted by Crippen LogP contribution is 2.38. The van der Waals surface area contributed by atoms with Gasteiger partial charge in [0, 0.05) is 25.5 Å². The average molecular weight is 414 g/mol. The van der Waals surface area contributed by atoms with Crippen LogP contribution in [0.15, 0.2) is 79.1 Å². The lowest BCUT2D eigenvalue weighted by atomic mass is 9.72. The molecule has 0 spiro atoms. The number of pyridine rings is 1. The molecule has 31 heavy (non-hydrogen) atoms. The van der Waals surface area contributed by atoms with Gasteiger partial charge in [-0.25, -0.2) is 0 Å². The van der Waals surface area contributed by atoms with E-state index in [1.807, 2.05) is 59.5 Å². The van der Waals surface area contributed by atoms with Crippen molar-refractivity contribution in [2.75, 3.05) is 13.1 Å². The van der Waals surface area contributed by atoms with E-state index in [1.165, 1.54) is 0 Å². The Morgan fingerprint density at radius 2 is 1.55 bits per heavy atom. The standard InChI is InChI=1S/C26H27N3O2/c27-25(31)26(19-22-8-4-5-9-23(22)21-10-14-28-15-11-21)12-16-29(17-13-26)24(30)18-20-6-2-1-3-7-20/h1-11,14-15H,12-13,16-19H2,(H2,27,31). The van der Waals surface area contributed by atoms with Gasteiger partial charge in [-0.15, -0.1) is 0 Å². The van der Waals surface area contributed by atoms with Gasteiger partial charge >= 0.3 is 0 Å². The van der Waals surface area contributed by atoms with Crippen LogP contribution in [0, 0.1) is 5.41 Å². The largest absolute Gasteiger partial charge is 0.369 e. The maximum Gasteiger partial charge on any atom is 0.226 e. The molecule has 2 N–H and O–H groups in total. The van der Waals surface area contributed by atoms with Crippen molar-refractivity contribution in [1.82, 2.24) is 9.88 Å². The van der Waals surface area contributed by atoms with Crippen LogP contribution >= 0.6 is 0 Å². The summed E-state index contributed by atoms with van der Waals surface area (Å²) in [6.45, 7) is 1.10. The molecule has 1 aliphatic rings. The zero-order chi connectivity index (χ0) is 21.7. The molecule has 0 aliphatic carbocycles. The van der Waals surface area contributed by atoms with Gasteiger partial charge in [0.2, 0.25) is 11.8 Å². The van der Waals surface area contributed by atoms with Crippen molar-refractivity contribution < 1.29 is 9.59 Å². The van der Waals surface area contributed by atoms with E-state index in [1.54, 1.807) is 12.4 Å². The second kappa shape index (κ2) is 9.13. The molecule has 5 nitrogen and oxygen atoms in total. The molecule has 1 aromatic heterocycles. The first-order chi connectivity index (χ1) is 15.1. The predicted molar refractivity (Wildman–Crippen MR) is 121 cm³/mol. The third-order valence-electron chi connectivity index (χ3n) is 6.33. The van der Waals surface area contributed by atoms with Gasteiger partial charge in [-0.3, -0.25) is 14.6 Å². The molecule has 5 heteroatoms. The van der Waals surface area contributed by atoms with E-state index in [4.69, 9.17) is 5.73 Å². The lowest BCUT2D eigenvalue weighted by Crippen LogP contribution is -2.50. The molecule has 3 aromatic rings. The van der Waals surface area contributed by atoms with Gasteiger partial charge < -0.3 is 10.6 Å². The number of aromatic nitrogens is 1. The number of carbonyl (C=O) groups excluding carboxylic acids is 2. The molecule has 2 amide bonds. The summed E-state index contributed by atoms with van der Waals surface area (Å²) in [5.41, 5.74) is 9.55. The van der Waals surface area contributed by atoms with Crippen molar-refractivity contribution in [3.05, 3.63) is 90.3 Å². The van der Waals surface area contributed by atoms with Crippen LogP contribution in [0.25, 0.3) is 11.1 Å². The Morgan fingerprint density at radius 1 is 0.903 bits per heavy atom. The highest BCUT2D eigenvalue weighted by Gasteiger charge is 2.41. The number of primary amides is 1. The minimum atomic E-state index is -0.646. The Morgan fingerprint density at radius 3 is 2.23 bits per heavy atom. The number of piperidine rings is 1. The van der Waals surface area contributed by atoms with Crippen LogP contribution < -0.4 is 5.73 Å². The maximum absolute atomic E-state index is 12.7. The van der Waals surface area contributed by atoms with Crippen LogP contribution in [-0.2, 0) is 22.4 Å². The second-order valence-electron chi connectivity index (χ2n) is 8.26. The van der Waals surface area contributed by atoms with E-state index in [2.05, 4.69) is 17.1 Å². The first kappa shape index (κ1) is 20.8. The van der Waals surface area contributed by atoms with Crippen LogP contribution in [0.5, 0.6) is 0 Å². The first-order valence-electron chi connectivity index (χ1n) is 10.7. The van der Waals surface area contributed by atoms with E-state index in [0.29, 0.717) is 38.8 Å². The maximum atomic E-state index is 12.7. The molecule has 0 unspecified atom stereocenters. The van der Waals surface area contributed by atoms with Crippen LogP contribution in [0.1, 0.15) is 24.0 Å². The van der Waals surface area contributed by atoms with Crippen LogP contribution in [0.3, 0.4) is 0 Å². The fourth-order valence-electron chi connectivity index (χ4n) is 4.43. The molecule has 4 rings (SSSR count). The molecule has 158 valence electrons. The van der Waals surface area contributed by atoms with Crippen molar-refractivity contribution in [3.8, 4) is 11.1 Å². The number of benzene rings is 2. The van der Waals surface area contributed by atoms with Gasteiger partial charge in [-0.1, -0.05) is 54.6 Å². The lowest BCUT2D eigenvalue weighted by molar-refractivity contribution is -0.138. The molecule has 1 saturated heterocycles. The smallest absolute Gasteiger partial charge is 0.226 e. The Balaban J connectivity index is 1.50. The number of hydrogen-bond acceptors (Lipinski definition) is 3. The average Bonchev–Trinajstić information content (AvgIpc) is 2.81. The molecule has 0 bridgehead atoms. The summed E-state index contributed by atoms with van der Waals surface area (Å²) in [7, 11) is 0. The van der Waals surface area contributed by atoms with Gasteiger partial charge in [-0.05, 0) is 53.6 Å². The van der Waals surface area contributed by atoms with Crippen LogP contribution in [0.4, 0.5) is 0 Å². The minimum absolute atomic E-state index is 0.0986. The highest BCUT2D eigenvalue weighted by atomic mass is 16.2. The van der Waals surface area contributed by atoms with E-state index in [-0.39, 0.29) is 11.8 Å². The minimum Gasteiger partial charge on any atom is -0.369 e. The molecule has 2 heterocycles. The monoisotopic (exact) mass is 413 g/mol. The second-order valence-corrected chi connectivity index (χ2v) is 8.26. The fraction of sp³-hybridized carbons (Fsp3) is 0.269. The normalized spacial score (nSPS) is 15.4. The summed E-state index contributed by atoms with van der Waals surface area (Å²) in [5, 5.41) is 0. The summed E-state index contributed by atoms with van der Waals surface area (Å²) < 4.78 is 0. The van der Waals surface area contributed by atoms with Crippen molar-refractivity contribution in [2.24, 2.45) is 11.1 Å². The van der Waals surface area contributed by atoms with E-state index >= 15 is 0 Å². The topological polar surface area (TPSA) is 76.3 Å². The summed E-state index contributed by atoms with van der Waals surface area (Å²) in [4.78, 5) is 31.3. The summed E-state index contributed by atoms with van der Waals surface area (Å²) in [6.07, 6.45) is 5.65. The Kier molecular flexibility index (Phi) is 6.12. The molecular formula is C26H27N3O2. The molecular weight excluding hydrogens is 386 g/mol. The summed E-state index contributed by atoms with van der Waals surface area (Å²) >= 11 is 0. The molecule has 1 aliphatic heterocycles. The SMILES string of the molecule is NC(=O)C1(Cc2ccccc2-c2ccncc2)CCN(C(=O)Cc2ccccc2)CC1. The molecule has 0 radical (unpaired) electrons. The zero-order valence-electron chi connectivity index (χ0n) is 17.5. The van der Waals surface area contributed by atoms with E-state index < -0.39 is 5.41 Å². The van der Waals surface area contributed by atoms with Gasteiger partial charge in [-0.2, -0.15) is 0 Å². The number of nitrogens with two attached hydrogens (primary N) is 1. The molecule has 2 aromatic carbocycles. The Bertz CT molecular complexity index is 1040. The van der Waals surface area contributed by atoms with E-state index in [0.717, 1.165) is 22.3 Å². The van der Waals surface area contributed by atoms with Gasteiger partial charge in [0.25, 0.3) is 0 Å². The van der Waals surface area contributed by atoms with Crippen molar-refractivity contribution >= 4 is 11.8 Å². The summed E-state index contributed by atoms with van der Waals surface area (Å²) in [6, 6.07) is 21.8. The number of nitrogens with zero attached hydrogens (tertiary/aromatic N) is 2. The van der Waals surface area contributed by atoms with Crippen molar-refractivity contribution in [3.63, 3.8) is 0 Å². The lowest BCUT2D eigenvalue weighted by Gasteiger charge is -2.40. The summed E-state index contributed by atoms with van der Waals surface area (Å²) in [5.74, 6) is -0.186. The van der Waals surface area contributed by atoms with Crippen molar-refractivity contribution in [1.29, 1.82) is 0 Å². The number of rotatable bonds is 6. The Hall–Kier alpha value is -3.47. The third kappa shape index (κ3) is 4.66. The molecule has 1 fully saturated rings. The highest BCUT2D eigenvalue weighted by molar-refractivity contribution is 5.83. The molecule has 0 saturated carbocycles. The fourth-order valence-corrected chi connectivity index (χ4v) is 4.43. The van der Waals surface area contributed by atoms with Gasteiger partial charge in [0.1, 0.15) is 0 Å². The predicted octanol–water partition coefficient (Wildman–Crippen LogP) is 3.63. The van der Waals surface area contributed by atoms with Gasteiger partial charge in [0.05, 0.1) is 11.8 Å². The van der Waals surface area contributed by atoms with Crippen molar-refractivity contribution in [2.45, 2.75) is 25.7 Å². The van der Waals surface area contributed by atoms with Crippen LogP contribution in [-0.4, -0.2) is 34.8 Å². The number of carbonyl (C=O) groups is 2. The first-order valence-corrected chi connectivity index (χ1v) is 10.7. The zero-order valence-corrected chi connectivity index (χ0v) is 17.5.